The lowest BCUT2D eigenvalue weighted by Crippen LogP contribution is -2.32. The summed E-state index contributed by atoms with van der Waals surface area (Å²) in [7, 11) is 0. The first-order valence-electron chi connectivity index (χ1n) is 8.09. The second kappa shape index (κ2) is 8.17. The molecule has 1 N–H and O–H groups in total. The Morgan fingerprint density at radius 2 is 1.65 bits per heavy atom. The van der Waals surface area contributed by atoms with E-state index in [9.17, 15) is 4.79 Å². The number of benzene rings is 3. The molecule has 3 nitrogen and oxygen atoms in total. The highest BCUT2D eigenvalue weighted by Gasteiger charge is 2.20. The van der Waals surface area contributed by atoms with Gasteiger partial charge in [0, 0.05) is 0 Å². The third-order valence-electron chi connectivity index (χ3n) is 3.93. The fraction of sp³-hybridized carbons (Fsp3) is 0.150. The van der Waals surface area contributed by atoms with Gasteiger partial charge in [0.15, 0.2) is 6.10 Å². The van der Waals surface area contributed by atoms with E-state index in [-0.39, 0.29) is 5.91 Å². The number of hydrogen-bond donors (Lipinski definition) is 1. The zero-order chi connectivity index (χ0) is 18.7. The molecule has 0 radical (unpaired) electrons. The monoisotopic (exact) mass is 407 g/mol. The highest BCUT2D eigenvalue weighted by atomic mass is 35.5. The molecular formula is C20H16Cl3NO2. The van der Waals surface area contributed by atoms with Crippen molar-refractivity contribution >= 4 is 57.2 Å². The molecule has 0 aliphatic carbocycles. The molecule has 0 aliphatic heterocycles. The Labute approximate surface area is 166 Å². The topological polar surface area (TPSA) is 38.3 Å². The van der Waals surface area contributed by atoms with Crippen molar-refractivity contribution in [3.63, 3.8) is 0 Å². The van der Waals surface area contributed by atoms with Crippen molar-refractivity contribution in [1.29, 1.82) is 0 Å². The second-order valence-electron chi connectivity index (χ2n) is 5.76. The molecule has 3 aromatic rings. The number of carbonyl (C=O) groups excluding carboxylic acids is 1. The average molecular weight is 409 g/mol. The molecule has 0 saturated carbocycles. The van der Waals surface area contributed by atoms with Gasteiger partial charge in [0.25, 0.3) is 5.91 Å². The largest absolute Gasteiger partial charge is 0.481 e. The Bertz CT molecular complexity index is 959. The molecule has 26 heavy (non-hydrogen) atoms. The maximum atomic E-state index is 12.6. The Hall–Kier alpha value is -1.94. The van der Waals surface area contributed by atoms with E-state index in [0.717, 1.165) is 10.8 Å². The number of halogens is 3. The standard InChI is InChI=1S/C20H16Cl3NO2/c1-2-19(20(25)24-18-11-16(22)15(21)10-17(18)23)26-14-8-7-12-5-3-4-6-13(12)9-14/h3-11,19H,2H2,1H3,(H,24,25)/t19-/m0/s1. The van der Waals surface area contributed by atoms with E-state index in [1.165, 1.54) is 12.1 Å². The maximum Gasteiger partial charge on any atom is 0.265 e. The van der Waals surface area contributed by atoms with E-state index in [2.05, 4.69) is 5.32 Å². The molecule has 134 valence electrons. The fourth-order valence-electron chi connectivity index (χ4n) is 2.56. The highest BCUT2D eigenvalue weighted by molar-refractivity contribution is 6.44. The van der Waals surface area contributed by atoms with Gasteiger partial charge in [-0.15, -0.1) is 0 Å². The average Bonchev–Trinajstić information content (AvgIpc) is 2.64. The van der Waals surface area contributed by atoms with Crippen molar-refractivity contribution in [2.24, 2.45) is 0 Å². The summed E-state index contributed by atoms with van der Waals surface area (Å²) in [5.41, 5.74) is 0.395. The van der Waals surface area contributed by atoms with Crippen LogP contribution in [0.4, 0.5) is 5.69 Å². The van der Waals surface area contributed by atoms with Gasteiger partial charge in [-0.1, -0.05) is 72.1 Å². The summed E-state index contributed by atoms with van der Waals surface area (Å²) in [6.07, 6.45) is -0.167. The number of carbonyl (C=O) groups is 1. The van der Waals surface area contributed by atoms with Gasteiger partial charge in [-0.05, 0) is 41.5 Å². The van der Waals surface area contributed by atoms with E-state index >= 15 is 0 Å². The third-order valence-corrected chi connectivity index (χ3v) is 4.97. The van der Waals surface area contributed by atoms with Gasteiger partial charge in [0.2, 0.25) is 0 Å². The number of rotatable bonds is 5. The fourth-order valence-corrected chi connectivity index (χ4v) is 3.15. The van der Waals surface area contributed by atoms with E-state index in [1.54, 1.807) is 0 Å². The first-order valence-corrected chi connectivity index (χ1v) is 9.22. The van der Waals surface area contributed by atoms with E-state index in [1.807, 2.05) is 49.4 Å². The predicted octanol–water partition coefficient (Wildman–Crippen LogP) is 6.60. The van der Waals surface area contributed by atoms with Gasteiger partial charge in [0.1, 0.15) is 5.75 Å². The van der Waals surface area contributed by atoms with Crippen molar-refractivity contribution in [3.8, 4) is 5.75 Å². The molecule has 1 amide bonds. The van der Waals surface area contributed by atoms with Gasteiger partial charge in [0.05, 0.1) is 20.8 Å². The lowest BCUT2D eigenvalue weighted by Gasteiger charge is -2.18. The molecule has 0 saturated heterocycles. The molecule has 0 aliphatic rings. The molecule has 3 aromatic carbocycles. The number of anilines is 1. The van der Waals surface area contributed by atoms with Crippen LogP contribution in [-0.2, 0) is 4.79 Å². The Balaban J connectivity index is 1.77. The van der Waals surface area contributed by atoms with E-state index in [4.69, 9.17) is 39.5 Å². The molecule has 0 fully saturated rings. The van der Waals surface area contributed by atoms with Gasteiger partial charge in [-0.3, -0.25) is 4.79 Å². The number of hydrogen-bond acceptors (Lipinski definition) is 2. The van der Waals surface area contributed by atoms with Crippen LogP contribution in [0.15, 0.2) is 54.6 Å². The van der Waals surface area contributed by atoms with Gasteiger partial charge in [-0.25, -0.2) is 0 Å². The minimum atomic E-state index is -0.665. The quantitative estimate of drug-likeness (QED) is 0.483. The summed E-state index contributed by atoms with van der Waals surface area (Å²) >= 11 is 18.0. The van der Waals surface area contributed by atoms with Gasteiger partial charge in [-0.2, -0.15) is 0 Å². The third kappa shape index (κ3) is 4.24. The molecule has 0 bridgehead atoms. The summed E-state index contributed by atoms with van der Waals surface area (Å²) < 4.78 is 5.89. The van der Waals surface area contributed by atoms with Crippen LogP contribution in [0.5, 0.6) is 5.75 Å². The normalized spacial score (nSPS) is 12.0. The van der Waals surface area contributed by atoms with Crippen molar-refractivity contribution in [2.75, 3.05) is 5.32 Å². The van der Waals surface area contributed by atoms with Crippen molar-refractivity contribution in [1.82, 2.24) is 0 Å². The minimum Gasteiger partial charge on any atom is -0.481 e. The Morgan fingerprint density at radius 1 is 0.962 bits per heavy atom. The van der Waals surface area contributed by atoms with Gasteiger partial charge < -0.3 is 10.1 Å². The second-order valence-corrected chi connectivity index (χ2v) is 6.98. The summed E-state index contributed by atoms with van der Waals surface area (Å²) in [6.45, 7) is 1.88. The van der Waals surface area contributed by atoms with Crippen LogP contribution < -0.4 is 10.1 Å². The molecular weight excluding hydrogens is 393 g/mol. The van der Waals surface area contributed by atoms with Crippen LogP contribution in [0.2, 0.25) is 15.1 Å². The first kappa shape index (κ1) is 18.8. The molecule has 0 aromatic heterocycles. The number of fused-ring (bicyclic) bond motifs is 1. The molecule has 0 heterocycles. The molecule has 1 atom stereocenters. The molecule has 3 rings (SSSR count). The van der Waals surface area contributed by atoms with Crippen LogP contribution in [0.25, 0.3) is 10.8 Å². The molecule has 0 spiro atoms. The van der Waals surface area contributed by atoms with Crippen molar-refractivity contribution in [3.05, 3.63) is 69.7 Å². The molecule has 0 unspecified atom stereocenters. The Morgan fingerprint density at radius 3 is 2.38 bits per heavy atom. The smallest absolute Gasteiger partial charge is 0.265 e. The summed E-state index contributed by atoms with van der Waals surface area (Å²) in [5.74, 6) is 0.326. The van der Waals surface area contributed by atoms with Crippen molar-refractivity contribution < 1.29 is 9.53 Å². The zero-order valence-corrected chi connectivity index (χ0v) is 16.2. The Kier molecular flexibility index (Phi) is 5.92. The summed E-state index contributed by atoms with van der Waals surface area (Å²) in [6, 6.07) is 16.7. The van der Waals surface area contributed by atoms with Gasteiger partial charge >= 0.3 is 0 Å². The molecule has 6 heteroatoms. The number of amides is 1. The summed E-state index contributed by atoms with van der Waals surface area (Å²) in [5, 5.41) is 5.86. The van der Waals surface area contributed by atoms with E-state index in [0.29, 0.717) is 32.9 Å². The zero-order valence-electron chi connectivity index (χ0n) is 13.9. The summed E-state index contributed by atoms with van der Waals surface area (Å²) in [4.78, 5) is 12.6. The van der Waals surface area contributed by atoms with Crippen LogP contribution in [-0.4, -0.2) is 12.0 Å². The van der Waals surface area contributed by atoms with Crippen molar-refractivity contribution in [2.45, 2.75) is 19.4 Å². The first-order chi connectivity index (χ1) is 12.5. The maximum absolute atomic E-state index is 12.6. The minimum absolute atomic E-state index is 0.305. The van der Waals surface area contributed by atoms with Crippen LogP contribution >= 0.6 is 34.8 Å². The lowest BCUT2D eigenvalue weighted by molar-refractivity contribution is -0.122. The number of nitrogens with one attached hydrogen (secondary N) is 1. The van der Waals surface area contributed by atoms with E-state index < -0.39 is 6.10 Å². The van der Waals surface area contributed by atoms with Crippen LogP contribution in [0.1, 0.15) is 13.3 Å². The van der Waals surface area contributed by atoms with Crippen LogP contribution in [0, 0.1) is 0 Å². The highest BCUT2D eigenvalue weighted by Crippen LogP contribution is 2.32. The SMILES string of the molecule is CC[C@H](Oc1ccc2ccccc2c1)C(=O)Nc1cc(Cl)c(Cl)cc1Cl. The van der Waals surface area contributed by atoms with Crippen LogP contribution in [0.3, 0.4) is 0 Å². The number of ether oxygens (including phenoxy) is 1. The predicted molar refractivity (Wildman–Crippen MR) is 109 cm³/mol. The lowest BCUT2D eigenvalue weighted by atomic mass is 10.1.